The van der Waals surface area contributed by atoms with Crippen LogP contribution >= 0.6 is 11.8 Å². The highest BCUT2D eigenvalue weighted by Crippen LogP contribution is 2.32. The van der Waals surface area contributed by atoms with Crippen LogP contribution < -0.4 is 10.2 Å². The molecular weight excluding hydrogens is 529 g/mol. The molecule has 1 saturated heterocycles. The predicted molar refractivity (Wildman–Crippen MR) is 144 cm³/mol. The van der Waals surface area contributed by atoms with E-state index in [-0.39, 0.29) is 11.7 Å². The molecule has 198 valence electrons. The molecule has 0 radical (unpaired) electrons. The first kappa shape index (κ1) is 26.2. The summed E-state index contributed by atoms with van der Waals surface area (Å²) in [7, 11) is 0. The molecule has 4 aromatic rings. The second kappa shape index (κ2) is 10.4. The zero-order chi connectivity index (χ0) is 27.7. The van der Waals surface area contributed by atoms with Crippen molar-refractivity contribution in [3.05, 3.63) is 89.7 Å². The largest absolute Gasteiger partial charge is 0.416 e. The van der Waals surface area contributed by atoms with Gasteiger partial charge in [0.1, 0.15) is 6.33 Å². The Morgan fingerprint density at radius 2 is 1.67 bits per heavy atom. The number of aromatic nitrogens is 3. The molecule has 2 heterocycles. The van der Waals surface area contributed by atoms with Crippen molar-refractivity contribution in [3.8, 4) is 17.1 Å². The number of hydrogen-bond acceptors (Lipinski definition) is 5. The number of carbonyl (C=O) groups excluding carboxylic acids is 2. The Bertz CT molecular complexity index is 1560. The Kier molecular flexibility index (Phi) is 6.96. The molecule has 0 aliphatic carbocycles. The summed E-state index contributed by atoms with van der Waals surface area (Å²) in [5, 5.41) is 7.34. The number of alkyl halides is 3. The lowest BCUT2D eigenvalue weighted by Crippen LogP contribution is -2.31. The molecule has 3 aromatic carbocycles. The maximum Gasteiger partial charge on any atom is 0.416 e. The van der Waals surface area contributed by atoms with Crippen molar-refractivity contribution in [1.82, 2.24) is 14.8 Å². The average Bonchev–Trinajstić information content (AvgIpc) is 3.52. The molecule has 39 heavy (non-hydrogen) atoms. The number of nitrogens with zero attached hydrogens (tertiary/aromatic N) is 5. The molecule has 0 atom stereocenters. The van der Waals surface area contributed by atoms with Gasteiger partial charge in [0.05, 0.1) is 22.7 Å². The van der Waals surface area contributed by atoms with Crippen molar-refractivity contribution < 1.29 is 22.8 Å². The molecule has 1 aliphatic rings. The fourth-order valence-corrected chi connectivity index (χ4v) is 4.94. The first-order valence-electron chi connectivity index (χ1n) is 11.7. The van der Waals surface area contributed by atoms with E-state index in [9.17, 15) is 22.8 Å². The van der Waals surface area contributed by atoms with Crippen LogP contribution in [0.25, 0.3) is 17.1 Å². The molecule has 1 aliphatic heterocycles. The van der Waals surface area contributed by atoms with Gasteiger partial charge in [0.25, 0.3) is 0 Å². The van der Waals surface area contributed by atoms with Crippen LogP contribution in [0.4, 0.5) is 29.3 Å². The molecule has 1 aromatic heterocycles. The van der Waals surface area contributed by atoms with E-state index in [4.69, 9.17) is 0 Å². The number of nitrogens with one attached hydrogen (secondary N) is 1. The third kappa shape index (κ3) is 5.55. The maximum absolute atomic E-state index is 12.8. The van der Waals surface area contributed by atoms with Crippen molar-refractivity contribution >= 4 is 40.2 Å². The van der Waals surface area contributed by atoms with E-state index in [2.05, 4.69) is 20.4 Å². The topological polar surface area (TPSA) is 92.5 Å². The van der Waals surface area contributed by atoms with E-state index < -0.39 is 17.8 Å². The molecule has 1 fully saturated rings. The van der Waals surface area contributed by atoms with Crippen molar-refractivity contribution in [3.63, 3.8) is 0 Å². The van der Waals surface area contributed by atoms with Gasteiger partial charge < -0.3 is 5.32 Å². The smallest absolute Gasteiger partial charge is 0.306 e. The Hall–Kier alpha value is -4.45. The van der Waals surface area contributed by atoms with Crippen LogP contribution in [0.1, 0.15) is 16.7 Å². The SMILES string of the molecule is Cc1cccc(C)c1N1C(=O)CSC1=NC(=O)Nc1ccc(-c2ncn(-c3ccc(C(F)(F)F)cc3)n2)cc1. The summed E-state index contributed by atoms with van der Waals surface area (Å²) >= 11 is 1.20. The summed E-state index contributed by atoms with van der Waals surface area (Å²) in [5.74, 6) is 0.412. The van der Waals surface area contributed by atoms with E-state index >= 15 is 0 Å². The lowest BCUT2D eigenvalue weighted by molar-refractivity contribution is -0.137. The number of amides is 3. The van der Waals surface area contributed by atoms with Gasteiger partial charge in [-0.3, -0.25) is 9.69 Å². The molecule has 0 spiro atoms. The van der Waals surface area contributed by atoms with Crippen LogP contribution in [0.5, 0.6) is 0 Å². The molecule has 0 saturated carbocycles. The number of halogens is 3. The molecule has 0 unspecified atom stereocenters. The van der Waals surface area contributed by atoms with Gasteiger partial charge in [-0.15, -0.1) is 5.10 Å². The number of amidine groups is 1. The quantitative estimate of drug-likeness (QED) is 0.325. The first-order chi connectivity index (χ1) is 18.6. The van der Waals surface area contributed by atoms with Crippen LogP contribution in [-0.4, -0.2) is 37.6 Å². The zero-order valence-corrected chi connectivity index (χ0v) is 21.5. The summed E-state index contributed by atoms with van der Waals surface area (Å²) in [6.45, 7) is 3.80. The second-order valence-electron chi connectivity index (χ2n) is 8.72. The fourth-order valence-electron chi connectivity index (χ4n) is 4.09. The average molecular weight is 551 g/mol. The summed E-state index contributed by atoms with van der Waals surface area (Å²) in [6, 6.07) is 16.4. The van der Waals surface area contributed by atoms with Crippen molar-refractivity contribution in [2.45, 2.75) is 20.0 Å². The fraction of sp³-hybridized carbons (Fsp3) is 0.148. The Morgan fingerprint density at radius 1 is 1.00 bits per heavy atom. The third-order valence-corrected chi connectivity index (χ3v) is 6.89. The maximum atomic E-state index is 12.8. The number of hydrogen-bond donors (Lipinski definition) is 1. The Morgan fingerprint density at radius 3 is 2.31 bits per heavy atom. The number of urea groups is 1. The summed E-state index contributed by atoms with van der Waals surface area (Å²) in [6.07, 6.45) is -3.01. The minimum absolute atomic E-state index is 0.142. The van der Waals surface area contributed by atoms with Gasteiger partial charge in [-0.1, -0.05) is 30.0 Å². The highest BCUT2D eigenvalue weighted by atomic mass is 32.2. The monoisotopic (exact) mass is 550 g/mol. The van der Waals surface area contributed by atoms with Gasteiger partial charge in [0.15, 0.2) is 11.0 Å². The standard InChI is InChI=1S/C27H21F3N6O2S/c1-16-4-3-5-17(2)23(16)36-22(37)14-39-26(36)33-25(38)32-20-10-6-18(7-11-20)24-31-15-35(34-24)21-12-8-19(9-13-21)27(28,29)30/h3-13,15H,14H2,1-2H3,(H,32,38). The Labute approximate surface area is 225 Å². The number of aryl methyl sites for hydroxylation is 2. The predicted octanol–water partition coefficient (Wildman–Crippen LogP) is 6.24. The Balaban J connectivity index is 1.28. The van der Waals surface area contributed by atoms with Gasteiger partial charge in [-0.2, -0.15) is 18.2 Å². The van der Waals surface area contributed by atoms with E-state index in [1.54, 1.807) is 24.3 Å². The number of benzene rings is 3. The summed E-state index contributed by atoms with van der Waals surface area (Å²) < 4.78 is 39.8. The molecule has 0 bridgehead atoms. The van der Waals surface area contributed by atoms with Gasteiger partial charge in [-0.25, -0.2) is 14.5 Å². The van der Waals surface area contributed by atoms with Crippen molar-refractivity contribution in [2.24, 2.45) is 4.99 Å². The number of rotatable bonds is 4. The summed E-state index contributed by atoms with van der Waals surface area (Å²) in [4.78, 5) is 35.1. The molecule has 8 nitrogen and oxygen atoms in total. The minimum atomic E-state index is -4.41. The zero-order valence-electron chi connectivity index (χ0n) is 20.7. The lowest BCUT2D eigenvalue weighted by atomic mass is 10.1. The van der Waals surface area contributed by atoms with Crippen LogP contribution in [-0.2, 0) is 11.0 Å². The van der Waals surface area contributed by atoms with Crippen molar-refractivity contribution in [2.75, 3.05) is 16.0 Å². The van der Waals surface area contributed by atoms with Crippen molar-refractivity contribution in [1.29, 1.82) is 0 Å². The van der Waals surface area contributed by atoms with Gasteiger partial charge in [0.2, 0.25) is 5.91 Å². The van der Waals surface area contributed by atoms with Gasteiger partial charge in [0, 0.05) is 11.3 Å². The highest BCUT2D eigenvalue weighted by molar-refractivity contribution is 8.15. The normalized spacial score (nSPS) is 14.7. The first-order valence-corrected chi connectivity index (χ1v) is 12.7. The van der Waals surface area contributed by atoms with Crippen LogP contribution in [0.15, 0.2) is 78.0 Å². The molecule has 1 N–H and O–H groups in total. The summed E-state index contributed by atoms with van der Waals surface area (Å²) in [5.41, 5.74) is 3.35. The van der Waals surface area contributed by atoms with Crippen LogP contribution in [0, 0.1) is 13.8 Å². The van der Waals surface area contributed by atoms with Crippen LogP contribution in [0.2, 0.25) is 0 Å². The minimum Gasteiger partial charge on any atom is -0.306 e. The van der Waals surface area contributed by atoms with E-state index in [0.717, 1.165) is 28.9 Å². The second-order valence-corrected chi connectivity index (χ2v) is 9.66. The number of aliphatic imine (C=N–C) groups is 1. The molecular formula is C27H21F3N6O2S. The van der Waals surface area contributed by atoms with E-state index in [1.165, 1.54) is 39.8 Å². The van der Waals surface area contributed by atoms with Crippen LogP contribution in [0.3, 0.4) is 0 Å². The number of para-hydroxylation sites is 1. The number of carbonyl (C=O) groups is 2. The third-order valence-electron chi connectivity index (χ3n) is 5.97. The highest BCUT2D eigenvalue weighted by Gasteiger charge is 2.32. The van der Waals surface area contributed by atoms with Gasteiger partial charge in [-0.05, 0) is 73.5 Å². The van der Waals surface area contributed by atoms with E-state index in [1.807, 2.05) is 32.0 Å². The van der Waals surface area contributed by atoms with Gasteiger partial charge >= 0.3 is 12.2 Å². The molecule has 12 heteroatoms. The number of anilines is 2. The van der Waals surface area contributed by atoms with E-state index in [0.29, 0.717) is 27.9 Å². The molecule has 5 rings (SSSR count). The molecule has 3 amide bonds. The number of thioether (sulfide) groups is 1. The lowest BCUT2D eigenvalue weighted by Gasteiger charge is -2.20.